The van der Waals surface area contributed by atoms with Crippen molar-refractivity contribution in [3.05, 3.63) is 93.0 Å². The molecule has 6 rings (SSSR count). The fourth-order valence-corrected chi connectivity index (χ4v) is 10.7. The lowest BCUT2D eigenvalue weighted by Gasteiger charge is -2.46. The highest BCUT2D eigenvalue weighted by Gasteiger charge is 2.40. The molecule has 21 heteroatoms. The summed E-state index contributed by atoms with van der Waals surface area (Å²) in [5.74, 6) is -2.37. The standard InChI is InChI=1S/C37H42N2O11S3.C5H10O4S/c1-36(2)18-22(20-52(44,45)46)26-14-28-33(16-30(26)38(36)5)50-34-17-31-27(23(21-53(47,48)49)19-37(3,4)39(31)6)15-29(34)35(28)25-11-8-7-10-24(25)32(40)12-9-13-51(41,42)43;1-5(6)3-2-4-10(7,8)9/h7-8,10-11,14-18,23H,9,12-13,19-21H2,1-6H3,(H2-,41,42,43,44,45,46,47,48,49);2-4H2,1H3,(H,7,8,9)/p+1. The molecule has 344 valence electrons. The number of ketones is 2. The third-order valence-corrected chi connectivity index (χ3v) is 14.6. The van der Waals surface area contributed by atoms with E-state index in [2.05, 4.69) is 0 Å². The number of rotatable bonds is 14. The van der Waals surface area contributed by atoms with Gasteiger partial charge in [-0.3, -0.25) is 23.0 Å². The van der Waals surface area contributed by atoms with Crippen molar-refractivity contribution in [2.75, 3.05) is 42.0 Å². The van der Waals surface area contributed by atoms with E-state index in [4.69, 9.17) is 9.29 Å². The molecule has 0 aromatic heterocycles. The number of likely N-dealkylation sites (N-methyl/N-ethyl adjacent to an activating group) is 1. The molecule has 3 aliphatic heterocycles. The first-order valence-corrected chi connectivity index (χ1v) is 26.2. The van der Waals surface area contributed by atoms with Gasteiger partial charge in [-0.2, -0.15) is 33.7 Å². The summed E-state index contributed by atoms with van der Waals surface area (Å²) in [4.78, 5) is 26.1. The lowest BCUT2D eigenvalue weighted by molar-refractivity contribution is -0.117. The van der Waals surface area contributed by atoms with Gasteiger partial charge in [-0.05, 0) is 74.9 Å². The summed E-state index contributed by atoms with van der Waals surface area (Å²) in [6.07, 6.45) is 2.27. The largest absolute Gasteiger partial charge is 0.456 e. The van der Waals surface area contributed by atoms with Crippen LogP contribution in [0.15, 0.2) is 54.6 Å². The third-order valence-electron chi connectivity index (χ3n) is 11.5. The highest BCUT2D eigenvalue weighted by molar-refractivity contribution is 7.86. The maximum atomic E-state index is 13.8. The molecule has 0 fully saturated rings. The Kier molecular flexibility index (Phi) is 14.1. The van der Waals surface area contributed by atoms with E-state index >= 15 is 0 Å². The smallest absolute Gasteiger partial charge is 0.269 e. The molecular formula is C42H53N2O15S4+. The van der Waals surface area contributed by atoms with Gasteiger partial charge in [0.1, 0.15) is 30.1 Å². The van der Waals surface area contributed by atoms with Gasteiger partial charge in [0.2, 0.25) is 5.36 Å². The van der Waals surface area contributed by atoms with Crippen molar-refractivity contribution in [1.29, 1.82) is 0 Å². The van der Waals surface area contributed by atoms with Gasteiger partial charge in [-0.25, -0.2) is 4.58 Å². The molecule has 4 N–H and O–H groups in total. The topological polar surface area (TPSA) is 267 Å². The summed E-state index contributed by atoms with van der Waals surface area (Å²) in [6, 6.07) is 13.9. The van der Waals surface area contributed by atoms with Crippen molar-refractivity contribution in [3.63, 3.8) is 0 Å². The SMILES string of the molecule is CC(=O)CCCS(=O)(=O)O.CN1c2cc3c(cc2C(CS(=O)(=O)O)CC1(C)C)C(c1ccccc1C(=O)CCCS(=O)(=O)O)=c1cc2c(cc1O3)=[N+](C)C(C)(C)C=C2CS(=O)(=O)O. The molecule has 0 saturated carbocycles. The van der Waals surface area contributed by atoms with Crippen LogP contribution in [0, 0.1) is 0 Å². The number of carbonyl (C=O) groups excluding carboxylic acids is 2. The molecule has 63 heavy (non-hydrogen) atoms. The monoisotopic (exact) mass is 953 g/mol. The predicted octanol–water partition coefficient (Wildman–Crippen LogP) is 3.91. The van der Waals surface area contributed by atoms with Gasteiger partial charge in [0.15, 0.2) is 11.3 Å². The van der Waals surface area contributed by atoms with Gasteiger partial charge in [-0.15, -0.1) is 0 Å². The van der Waals surface area contributed by atoms with Crippen molar-refractivity contribution in [1.82, 2.24) is 4.58 Å². The summed E-state index contributed by atoms with van der Waals surface area (Å²) < 4.78 is 138. The Morgan fingerprint density at radius 2 is 1.38 bits per heavy atom. The summed E-state index contributed by atoms with van der Waals surface area (Å²) in [5, 5.41) is 1.12. The normalized spacial score (nSPS) is 17.8. The molecular weight excluding hydrogens is 901 g/mol. The highest BCUT2D eigenvalue weighted by Crippen LogP contribution is 2.49. The average molecular weight is 954 g/mol. The Balaban J connectivity index is 0.000000667. The minimum atomic E-state index is -4.46. The van der Waals surface area contributed by atoms with E-state index in [-0.39, 0.29) is 48.6 Å². The van der Waals surface area contributed by atoms with Crippen molar-refractivity contribution in [2.45, 2.75) is 83.7 Å². The Morgan fingerprint density at radius 1 is 0.778 bits per heavy atom. The second-order valence-electron chi connectivity index (χ2n) is 17.3. The molecule has 3 heterocycles. The van der Waals surface area contributed by atoms with Crippen LogP contribution in [0.1, 0.15) is 105 Å². The van der Waals surface area contributed by atoms with Gasteiger partial charge >= 0.3 is 0 Å². The Labute approximate surface area is 368 Å². The van der Waals surface area contributed by atoms with E-state index in [0.717, 1.165) is 0 Å². The fourth-order valence-electron chi connectivity index (χ4n) is 8.22. The van der Waals surface area contributed by atoms with Crippen LogP contribution < -0.4 is 24.8 Å². The quantitative estimate of drug-likeness (QED) is 0.0793. The number of carbonyl (C=O) groups is 2. The maximum absolute atomic E-state index is 13.8. The van der Waals surface area contributed by atoms with Crippen LogP contribution in [0.2, 0.25) is 0 Å². The summed E-state index contributed by atoms with van der Waals surface area (Å²) >= 11 is 0. The van der Waals surface area contributed by atoms with Crippen molar-refractivity contribution in [3.8, 4) is 11.5 Å². The zero-order chi connectivity index (χ0) is 47.2. The van der Waals surface area contributed by atoms with Crippen LogP contribution in [0.4, 0.5) is 5.69 Å². The maximum Gasteiger partial charge on any atom is 0.269 e. The summed E-state index contributed by atoms with van der Waals surface area (Å²) in [6.45, 7) is 9.15. The summed E-state index contributed by atoms with van der Waals surface area (Å²) in [7, 11) is -13.3. The Bertz CT molecular complexity index is 2990. The minimum absolute atomic E-state index is 0.0661. The molecule has 3 aromatic rings. The molecule has 17 nitrogen and oxygen atoms in total. The number of ether oxygens (including phenoxy) is 1. The van der Waals surface area contributed by atoms with Crippen LogP contribution in [-0.4, -0.2) is 112 Å². The van der Waals surface area contributed by atoms with Crippen LogP contribution >= 0.6 is 0 Å². The van der Waals surface area contributed by atoms with E-state index in [1.807, 2.05) is 63.4 Å². The van der Waals surface area contributed by atoms with E-state index in [9.17, 15) is 56.9 Å². The second-order valence-corrected chi connectivity index (χ2v) is 23.4. The highest BCUT2D eigenvalue weighted by atomic mass is 32.2. The molecule has 0 amide bonds. The van der Waals surface area contributed by atoms with Crippen molar-refractivity contribution in [2.24, 2.45) is 0 Å². The zero-order valence-corrected chi connectivity index (χ0v) is 39.2. The van der Waals surface area contributed by atoms with Crippen molar-refractivity contribution >= 4 is 68.9 Å². The number of nitrogens with zero attached hydrogens (tertiary/aromatic N) is 2. The van der Waals surface area contributed by atoms with Crippen LogP contribution in [0.3, 0.4) is 0 Å². The second kappa shape index (κ2) is 17.9. The number of fused-ring (bicyclic) bond motifs is 4. The van der Waals surface area contributed by atoms with Crippen LogP contribution in [0.25, 0.3) is 11.1 Å². The van der Waals surface area contributed by atoms with Gasteiger partial charge in [-0.1, -0.05) is 24.3 Å². The zero-order valence-electron chi connectivity index (χ0n) is 35.9. The molecule has 0 radical (unpaired) electrons. The first-order chi connectivity index (χ1) is 28.8. The molecule has 3 aliphatic rings. The molecule has 1 unspecified atom stereocenters. The van der Waals surface area contributed by atoms with Crippen LogP contribution in [-0.2, 0) is 45.3 Å². The first-order valence-electron chi connectivity index (χ1n) is 19.8. The van der Waals surface area contributed by atoms with E-state index in [1.165, 1.54) is 6.92 Å². The van der Waals surface area contributed by atoms with E-state index in [0.29, 0.717) is 67.6 Å². The van der Waals surface area contributed by atoms with Gasteiger partial charge in [0.25, 0.3) is 40.5 Å². The lowest BCUT2D eigenvalue weighted by atomic mass is 9.78. The lowest BCUT2D eigenvalue weighted by Crippen LogP contribution is -2.48. The van der Waals surface area contributed by atoms with Gasteiger partial charge in [0, 0.05) is 78.9 Å². The fraction of sp³-hybridized carbons (Fsp3) is 0.452. The Hall–Kier alpha value is -4.35. The van der Waals surface area contributed by atoms with Gasteiger partial charge in [0.05, 0.1) is 28.9 Å². The summed E-state index contributed by atoms with van der Waals surface area (Å²) in [5.41, 5.74) is 2.77. The molecule has 0 spiro atoms. The Morgan fingerprint density at radius 3 is 1.95 bits per heavy atom. The average Bonchev–Trinajstić information content (AvgIpc) is 3.11. The predicted molar refractivity (Wildman–Crippen MR) is 238 cm³/mol. The van der Waals surface area contributed by atoms with Gasteiger partial charge < -0.3 is 14.4 Å². The van der Waals surface area contributed by atoms with Crippen molar-refractivity contribution < 1.29 is 66.2 Å². The van der Waals surface area contributed by atoms with E-state index < -0.39 is 74.7 Å². The molecule has 0 saturated heterocycles. The number of hydrogen-bond acceptors (Lipinski definition) is 12. The van der Waals surface area contributed by atoms with Crippen LogP contribution in [0.5, 0.6) is 11.5 Å². The third kappa shape index (κ3) is 12.3. The number of hydrogen-bond donors (Lipinski definition) is 4. The number of benzene rings is 3. The first kappa shape index (κ1) is 49.7. The van der Waals surface area contributed by atoms with E-state index in [1.54, 1.807) is 42.5 Å². The molecule has 0 bridgehead atoms. The number of Topliss-reactive ketones (excluding diaryl/α,β-unsaturated/α-hetero) is 2. The molecule has 0 aliphatic carbocycles. The minimum Gasteiger partial charge on any atom is -0.456 e. The number of anilines is 1. The molecule has 1 atom stereocenters. The molecule has 3 aromatic carbocycles.